The number of rotatable bonds is 11. The minimum absolute atomic E-state index is 0.154. The lowest BCUT2D eigenvalue weighted by Crippen LogP contribution is -2.15. The molecule has 0 aliphatic carbocycles. The molecule has 0 spiro atoms. The van der Waals surface area contributed by atoms with Crippen LogP contribution in [0.15, 0.2) is 84.5 Å². The maximum Gasteiger partial charge on any atom is 0.234 e. The highest BCUT2D eigenvalue weighted by molar-refractivity contribution is 7.99. The minimum Gasteiger partial charge on any atom is -0.492 e. The van der Waals surface area contributed by atoms with Crippen molar-refractivity contribution in [3.8, 4) is 11.5 Å². The molecule has 1 amide bonds. The van der Waals surface area contributed by atoms with E-state index in [2.05, 4.69) is 34.2 Å². The second kappa shape index (κ2) is 11.4. The molecule has 0 saturated heterocycles. The summed E-state index contributed by atoms with van der Waals surface area (Å²) in [7, 11) is 0. The second-order valence-corrected chi connectivity index (χ2v) is 8.27. The Labute approximate surface area is 202 Å². The lowest BCUT2D eigenvalue weighted by molar-refractivity contribution is -0.113. The molecule has 0 aliphatic heterocycles. The van der Waals surface area contributed by atoms with Crippen LogP contribution in [0, 0.1) is 0 Å². The fraction of sp³-hybridized carbons (Fsp3) is 0.192. The molecule has 0 bridgehead atoms. The summed E-state index contributed by atoms with van der Waals surface area (Å²) in [6.45, 7) is 7.03. The van der Waals surface area contributed by atoms with Gasteiger partial charge >= 0.3 is 0 Å². The number of thioether (sulfide) groups is 1. The number of ether oxygens (including phenoxy) is 2. The van der Waals surface area contributed by atoms with Gasteiger partial charge in [-0.25, -0.2) is 0 Å². The molecule has 34 heavy (non-hydrogen) atoms. The molecule has 3 aromatic carbocycles. The molecule has 0 unspecified atom stereocenters. The molecule has 0 atom stereocenters. The maximum absolute atomic E-state index is 12.6. The third kappa shape index (κ3) is 5.58. The van der Waals surface area contributed by atoms with E-state index in [1.807, 2.05) is 66.1 Å². The van der Waals surface area contributed by atoms with Crippen molar-refractivity contribution in [3.63, 3.8) is 0 Å². The number of nitrogens with zero attached hydrogens (tertiary/aromatic N) is 3. The van der Waals surface area contributed by atoms with Crippen molar-refractivity contribution in [1.29, 1.82) is 0 Å². The Morgan fingerprint density at radius 2 is 1.79 bits per heavy atom. The molecule has 0 fully saturated rings. The Balaban J connectivity index is 1.42. The van der Waals surface area contributed by atoms with E-state index in [0.717, 1.165) is 16.5 Å². The van der Waals surface area contributed by atoms with E-state index in [9.17, 15) is 4.79 Å². The molecule has 0 saturated carbocycles. The lowest BCUT2D eigenvalue weighted by atomic mass is 10.1. The number of para-hydroxylation sites is 2. The van der Waals surface area contributed by atoms with E-state index in [1.165, 1.54) is 11.8 Å². The standard InChI is InChI=1S/C26H26N4O3S/c1-3-16-30-24(17-33-22-15-9-11-19-10-5-6-12-20(19)22)28-29-26(30)34-18-25(31)27-21-13-7-8-14-23(21)32-4-2/h3,5-15H,1,4,16-18H2,2H3,(H,27,31). The highest BCUT2D eigenvalue weighted by Crippen LogP contribution is 2.27. The van der Waals surface area contributed by atoms with E-state index >= 15 is 0 Å². The molecule has 1 aromatic heterocycles. The van der Waals surface area contributed by atoms with Crippen LogP contribution in [0.1, 0.15) is 12.7 Å². The van der Waals surface area contributed by atoms with Gasteiger partial charge in [-0.2, -0.15) is 0 Å². The van der Waals surface area contributed by atoms with Crippen LogP contribution in [0.25, 0.3) is 10.8 Å². The van der Waals surface area contributed by atoms with Crippen molar-refractivity contribution >= 4 is 34.1 Å². The normalized spacial score (nSPS) is 10.7. The van der Waals surface area contributed by atoms with Gasteiger partial charge in [0.25, 0.3) is 0 Å². The fourth-order valence-corrected chi connectivity index (χ4v) is 4.24. The van der Waals surface area contributed by atoms with Crippen LogP contribution in [0.2, 0.25) is 0 Å². The van der Waals surface area contributed by atoms with Gasteiger partial charge in [-0.3, -0.25) is 9.36 Å². The Kier molecular flexibility index (Phi) is 7.83. The first-order chi connectivity index (χ1) is 16.7. The molecular weight excluding hydrogens is 448 g/mol. The molecule has 8 heteroatoms. The third-order valence-corrected chi connectivity index (χ3v) is 5.97. The van der Waals surface area contributed by atoms with Crippen LogP contribution in [0.5, 0.6) is 11.5 Å². The van der Waals surface area contributed by atoms with Gasteiger partial charge in [0, 0.05) is 11.9 Å². The minimum atomic E-state index is -0.154. The Hall–Kier alpha value is -3.78. The van der Waals surface area contributed by atoms with E-state index in [-0.39, 0.29) is 18.3 Å². The van der Waals surface area contributed by atoms with Gasteiger partial charge in [0.2, 0.25) is 5.91 Å². The molecular formula is C26H26N4O3S. The average molecular weight is 475 g/mol. The number of allylic oxidation sites excluding steroid dienone is 1. The number of benzene rings is 3. The van der Waals surface area contributed by atoms with Gasteiger partial charge in [-0.15, -0.1) is 16.8 Å². The summed E-state index contributed by atoms with van der Waals surface area (Å²) in [5, 5.41) is 14.3. The number of amides is 1. The predicted octanol–water partition coefficient (Wildman–Crippen LogP) is 5.33. The van der Waals surface area contributed by atoms with Gasteiger partial charge in [0.05, 0.1) is 18.0 Å². The van der Waals surface area contributed by atoms with Crippen LogP contribution < -0.4 is 14.8 Å². The number of anilines is 1. The largest absolute Gasteiger partial charge is 0.492 e. The van der Waals surface area contributed by atoms with Crippen molar-refractivity contribution in [2.45, 2.75) is 25.2 Å². The highest BCUT2D eigenvalue weighted by Gasteiger charge is 2.15. The Morgan fingerprint density at radius 3 is 2.65 bits per heavy atom. The molecule has 4 rings (SSSR count). The third-order valence-electron chi connectivity index (χ3n) is 5.00. The topological polar surface area (TPSA) is 78.3 Å². The number of hydrogen-bond acceptors (Lipinski definition) is 6. The molecule has 0 aliphatic rings. The van der Waals surface area contributed by atoms with Crippen LogP contribution in [-0.2, 0) is 17.9 Å². The summed E-state index contributed by atoms with van der Waals surface area (Å²) in [5.74, 6) is 2.12. The van der Waals surface area contributed by atoms with Crippen LogP contribution >= 0.6 is 11.8 Å². The van der Waals surface area contributed by atoms with Crippen LogP contribution in [0.4, 0.5) is 5.69 Å². The summed E-state index contributed by atoms with van der Waals surface area (Å²) >= 11 is 1.31. The quantitative estimate of drug-likeness (QED) is 0.234. The summed E-state index contributed by atoms with van der Waals surface area (Å²) < 4.78 is 13.6. The monoisotopic (exact) mass is 474 g/mol. The average Bonchev–Trinajstić information content (AvgIpc) is 3.24. The molecule has 4 aromatic rings. The van der Waals surface area contributed by atoms with Gasteiger partial charge in [-0.05, 0) is 30.5 Å². The summed E-state index contributed by atoms with van der Waals surface area (Å²) in [6.07, 6.45) is 1.77. The fourth-order valence-electron chi connectivity index (χ4n) is 3.48. The molecule has 7 nitrogen and oxygen atoms in total. The molecule has 1 heterocycles. The van der Waals surface area contributed by atoms with E-state index < -0.39 is 0 Å². The maximum atomic E-state index is 12.6. The van der Waals surface area contributed by atoms with Crippen molar-refractivity contribution in [3.05, 3.63) is 85.2 Å². The van der Waals surface area contributed by atoms with Crippen molar-refractivity contribution in [2.24, 2.45) is 0 Å². The summed E-state index contributed by atoms with van der Waals surface area (Å²) in [4.78, 5) is 12.6. The van der Waals surface area contributed by atoms with E-state index in [0.29, 0.717) is 35.6 Å². The first-order valence-corrected chi connectivity index (χ1v) is 12.0. The molecule has 174 valence electrons. The predicted molar refractivity (Wildman–Crippen MR) is 135 cm³/mol. The Bertz CT molecular complexity index is 1280. The number of fused-ring (bicyclic) bond motifs is 1. The van der Waals surface area contributed by atoms with E-state index in [4.69, 9.17) is 9.47 Å². The van der Waals surface area contributed by atoms with Crippen LogP contribution in [-0.4, -0.2) is 33.0 Å². The first kappa shape index (κ1) is 23.4. The molecule has 0 radical (unpaired) electrons. The zero-order valence-corrected chi connectivity index (χ0v) is 19.8. The zero-order chi connectivity index (χ0) is 23.8. The van der Waals surface area contributed by atoms with Gasteiger partial charge in [0.1, 0.15) is 18.1 Å². The SMILES string of the molecule is C=CCn1c(COc2cccc3ccccc23)nnc1SCC(=O)Nc1ccccc1OCC. The van der Waals surface area contributed by atoms with Crippen molar-refractivity contribution in [2.75, 3.05) is 17.7 Å². The number of hydrogen-bond donors (Lipinski definition) is 1. The Morgan fingerprint density at radius 1 is 1.03 bits per heavy atom. The second-order valence-electron chi connectivity index (χ2n) is 7.33. The highest BCUT2D eigenvalue weighted by atomic mass is 32.2. The van der Waals surface area contributed by atoms with Gasteiger partial charge in [0.15, 0.2) is 11.0 Å². The first-order valence-electron chi connectivity index (χ1n) is 11.0. The number of carbonyl (C=O) groups excluding carboxylic acids is 1. The number of aromatic nitrogens is 3. The summed E-state index contributed by atoms with van der Waals surface area (Å²) in [6, 6.07) is 21.4. The van der Waals surface area contributed by atoms with Gasteiger partial charge in [-0.1, -0.05) is 66.4 Å². The number of carbonyl (C=O) groups is 1. The van der Waals surface area contributed by atoms with Crippen molar-refractivity contribution < 1.29 is 14.3 Å². The zero-order valence-electron chi connectivity index (χ0n) is 18.9. The smallest absolute Gasteiger partial charge is 0.234 e. The van der Waals surface area contributed by atoms with E-state index in [1.54, 1.807) is 6.08 Å². The lowest BCUT2D eigenvalue weighted by Gasteiger charge is -2.12. The summed E-state index contributed by atoms with van der Waals surface area (Å²) in [5.41, 5.74) is 0.645. The van der Waals surface area contributed by atoms with Crippen molar-refractivity contribution in [1.82, 2.24) is 14.8 Å². The molecule has 1 N–H and O–H groups in total. The van der Waals surface area contributed by atoms with Gasteiger partial charge < -0.3 is 14.8 Å². The number of nitrogens with one attached hydrogen (secondary N) is 1. The van der Waals surface area contributed by atoms with Crippen LogP contribution in [0.3, 0.4) is 0 Å².